The van der Waals surface area contributed by atoms with Crippen molar-refractivity contribution >= 4 is 0 Å². The van der Waals surface area contributed by atoms with Crippen LogP contribution in [0.15, 0.2) is 11.3 Å². The van der Waals surface area contributed by atoms with Crippen molar-refractivity contribution in [3.63, 3.8) is 0 Å². The molecule has 0 unspecified atom stereocenters. The first-order chi connectivity index (χ1) is 6.85. The second-order valence-corrected chi connectivity index (χ2v) is 3.87. The molecule has 4 heteroatoms. The lowest BCUT2D eigenvalue weighted by Crippen LogP contribution is -2.44. The van der Waals surface area contributed by atoms with Gasteiger partial charge in [-0.15, -0.1) is 0 Å². The monoisotopic (exact) mass is 193 g/mol. The summed E-state index contributed by atoms with van der Waals surface area (Å²) in [6.07, 6.45) is 2.37. The summed E-state index contributed by atoms with van der Waals surface area (Å²) in [5, 5.41) is 8.97. The molecule has 14 heavy (non-hydrogen) atoms. The summed E-state index contributed by atoms with van der Waals surface area (Å²) in [7, 11) is 1.54. The predicted octanol–water partition coefficient (Wildman–Crippen LogP) is 0.641. The maximum atomic E-state index is 8.97. The van der Waals surface area contributed by atoms with Crippen molar-refractivity contribution in [2.45, 2.75) is 12.8 Å². The van der Waals surface area contributed by atoms with Gasteiger partial charge in [0.25, 0.3) is 0 Å². The first kappa shape index (κ1) is 9.50. The van der Waals surface area contributed by atoms with Crippen LogP contribution < -0.4 is 5.48 Å². The molecule has 0 atom stereocenters. The van der Waals surface area contributed by atoms with Gasteiger partial charge in [-0.1, -0.05) is 0 Å². The minimum absolute atomic E-state index is 0.595. The van der Waals surface area contributed by atoms with Gasteiger partial charge in [-0.2, -0.15) is 5.26 Å². The average molecular weight is 193 g/mol. The van der Waals surface area contributed by atoms with Crippen LogP contribution in [-0.2, 0) is 4.84 Å². The van der Waals surface area contributed by atoms with E-state index in [1.165, 1.54) is 31.5 Å². The number of hydroxylamine groups is 1. The van der Waals surface area contributed by atoms with Crippen molar-refractivity contribution in [2.75, 3.05) is 26.7 Å². The number of nitrogens with one attached hydrogen (secondary N) is 1. The Balaban J connectivity index is 2.20. The third kappa shape index (κ3) is 1.61. The van der Waals surface area contributed by atoms with Crippen LogP contribution in [0.4, 0.5) is 0 Å². The molecule has 3 heterocycles. The van der Waals surface area contributed by atoms with Gasteiger partial charge in [0.05, 0.1) is 7.11 Å². The first-order valence-electron chi connectivity index (χ1n) is 4.99. The van der Waals surface area contributed by atoms with Crippen molar-refractivity contribution in [1.82, 2.24) is 10.4 Å². The summed E-state index contributed by atoms with van der Waals surface area (Å²) in [4.78, 5) is 7.20. The molecule has 2 bridgehead atoms. The predicted molar refractivity (Wildman–Crippen MR) is 51.9 cm³/mol. The van der Waals surface area contributed by atoms with Crippen LogP contribution in [0.3, 0.4) is 0 Å². The smallest absolute Gasteiger partial charge is 0.138 e. The molecule has 3 fully saturated rings. The lowest BCUT2D eigenvalue weighted by molar-refractivity contribution is 0.112. The molecule has 0 aliphatic carbocycles. The molecular weight excluding hydrogens is 178 g/mol. The molecule has 4 nitrogen and oxygen atoms in total. The SMILES string of the molecule is CON/C(C#N)=C1\CN2CCC1CC2. The van der Waals surface area contributed by atoms with Crippen LogP contribution in [-0.4, -0.2) is 31.6 Å². The number of hydrogen-bond acceptors (Lipinski definition) is 4. The van der Waals surface area contributed by atoms with Gasteiger partial charge >= 0.3 is 0 Å². The Bertz CT molecular complexity index is 284. The summed E-state index contributed by atoms with van der Waals surface area (Å²) >= 11 is 0. The van der Waals surface area contributed by atoms with E-state index in [2.05, 4.69) is 16.4 Å². The average Bonchev–Trinajstić information content (AvgIpc) is 2.27. The van der Waals surface area contributed by atoms with E-state index in [1.807, 2.05) is 0 Å². The lowest BCUT2D eigenvalue weighted by Gasteiger charge is -2.41. The first-order valence-corrected chi connectivity index (χ1v) is 4.99. The number of allylic oxidation sites excluding steroid dienone is 1. The normalized spacial score (nSPS) is 33.7. The Morgan fingerprint density at radius 3 is 2.71 bits per heavy atom. The van der Waals surface area contributed by atoms with Crippen LogP contribution >= 0.6 is 0 Å². The molecule has 3 aliphatic rings. The zero-order valence-electron chi connectivity index (χ0n) is 8.42. The molecule has 0 aromatic heterocycles. The Hall–Kier alpha value is -1.05. The summed E-state index contributed by atoms with van der Waals surface area (Å²) in [6.45, 7) is 3.30. The Labute approximate surface area is 84.1 Å². The van der Waals surface area contributed by atoms with Crippen molar-refractivity contribution in [1.29, 1.82) is 5.26 Å². The van der Waals surface area contributed by atoms with E-state index < -0.39 is 0 Å². The Morgan fingerprint density at radius 2 is 2.29 bits per heavy atom. The van der Waals surface area contributed by atoms with Crippen LogP contribution in [0, 0.1) is 17.2 Å². The van der Waals surface area contributed by atoms with E-state index in [4.69, 9.17) is 10.1 Å². The highest BCUT2D eigenvalue weighted by atomic mass is 16.6. The molecule has 1 N–H and O–H groups in total. The fourth-order valence-corrected chi connectivity index (χ4v) is 2.35. The van der Waals surface area contributed by atoms with Gasteiger partial charge in [-0.05, 0) is 37.4 Å². The van der Waals surface area contributed by atoms with Gasteiger partial charge in [-0.25, -0.2) is 0 Å². The molecule has 3 rings (SSSR count). The zero-order chi connectivity index (χ0) is 9.97. The van der Waals surface area contributed by atoms with Crippen molar-refractivity contribution in [2.24, 2.45) is 5.92 Å². The van der Waals surface area contributed by atoms with E-state index in [1.54, 1.807) is 7.11 Å². The van der Waals surface area contributed by atoms with Crippen LogP contribution in [0.2, 0.25) is 0 Å². The minimum Gasteiger partial charge on any atom is -0.299 e. The molecular formula is C10H15N3O. The van der Waals surface area contributed by atoms with Gasteiger partial charge in [0.15, 0.2) is 0 Å². The van der Waals surface area contributed by atoms with E-state index in [9.17, 15) is 0 Å². The van der Waals surface area contributed by atoms with Gasteiger partial charge in [0, 0.05) is 6.54 Å². The molecule has 3 aliphatic heterocycles. The molecule has 0 spiro atoms. The highest BCUT2D eigenvalue weighted by Crippen LogP contribution is 2.32. The quantitative estimate of drug-likeness (QED) is 0.516. The molecule has 0 radical (unpaired) electrons. The van der Waals surface area contributed by atoms with Gasteiger partial charge in [0.1, 0.15) is 11.8 Å². The van der Waals surface area contributed by atoms with Gasteiger partial charge < -0.3 is 0 Å². The van der Waals surface area contributed by atoms with E-state index in [0.29, 0.717) is 11.6 Å². The van der Waals surface area contributed by atoms with Crippen LogP contribution in [0.25, 0.3) is 0 Å². The third-order valence-electron chi connectivity index (χ3n) is 3.11. The highest BCUT2D eigenvalue weighted by Gasteiger charge is 2.31. The number of rotatable bonds is 2. The number of hydrogen-bond donors (Lipinski definition) is 1. The van der Waals surface area contributed by atoms with Crippen molar-refractivity contribution in [3.05, 3.63) is 11.3 Å². The molecule has 0 saturated carbocycles. The van der Waals surface area contributed by atoms with E-state index in [-0.39, 0.29) is 0 Å². The fourth-order valence-electron chi connectivity index (χ4n) is 2.35. The summed E-state index contributed by atoms with van der Waals surface area (Å²) in [6, 6.07) is 2.17. The highest BCUT2D eigenvalue weighted by molar-refractivity contribution is 5.30. The summed E-state index contributed by atoms with van der Waals surface area (Å²) in [5.74, 6) is 0.595. The molecule has 0 aromatic carbocycles. The third-order valence-corrected chi connectivity index (χ3v) is 3.11. The number of nitriles is 1. The molecule has 0 amide bonds. The lowest BCUT2D eigenvalue weighted by atomic mass is 9.83. The Kier molecular flexibility index (Phi) is 2.71. The summed E-state index contributed by atoms with van der Waals surface area (Å²) in [5.41, 5.74) is 4.52. The van der Waals surface area contributed by atoms with Crippen molar-refractivity contribution < 1.29 is 4.84 Å². The number of piperidine rings is 3. The molecule has 0 aromatic rings. The topological polar surface area (TPSA) is 48.3 Å². The van der Waals surface area contributed by atoms with Crippen LogP contribution in [0.5, 0.6) is 0 Å². The van der Waals surface area contributed by atoms with Crippen LogP contribution in [0.1, 0.15) is 12.8 Å². The minimum atomic E-state index is 0.595. The number of nitrogens with zero attached hydrogens (tertiary/aromatic N) is 2. The van der Waals surface area contributed by atoms with Gasteiger partial charge in [-0.3, -0.25) is 15.2 Å². The van der Waals surface area contributed by atoms with Crippen molar-refractivity contribution in [3.8, 4) is 6.07 Å². The zero-order valence-corrected chi connectivity index (χ0v) is 8.42. The molecule has 76 valence electrons. The standard InChI is InChI=1S/C10H15N3O/c1-14-12-10(6-11)9-7-13-4-2-8(9)3-5-13/h8,12H,2-5,7H2,1H3/b10-9+. The second-order valence-electron chi connectivity index (χ2n) is 3.87. The summed E-state index contributed by atoms with van der Waals surface area (Å²) < 4.78 is 0. The molecule has 3 saturated heterocycles. The Morgan fingerprint density at radius 1 is 1.57 bits per heavy atom. The largest absolute Gasteiger partial charge is 0.299 e. The fraction of sp³-hybridized carbons (Fsp3) is 0.700. The maximum Gasteiger partial charge on any atom is 0.138 e. The van der Waals surface area contributed by atoms with Gasteiger partial charge in [0.2, 0.25) is 0 Å². The van der Waals surface area contributed by atoms with E-state index >= 15 is 0 Å². The van der Waals surface area contributed by atoms with E-state index in [0.717, 1.165) is 6.54 Å². The second kappa shape index (κ2) is 3.99. The number of fused-ring (bicyclic) bond motifs is 3. The maximum absolute atomic E-state index is 8.97.